The van der Waals surface area contributed by atoms with Gasteiger partial charge in [-0.25, -0.2) is 0 Å². The summed E-state index contributed by atoms with van der Waals surface area (Å²) in [4.78, 5) is 28.7. The summed E-state index contributed by atoms with van der Waals surface area (Å²) < 4.78 is 0. The number of para-hydroxylation sites is 1. The van der Waals surface area contributed by atoms with Crippen LogP contribution < -0.4 is 15.5 Å². The van der Waals surface area contributed by atoms with E-state index in [0.717, 1.165) is 28.9 Å². The Morgan fingerprint density at radius 3 is 2.56 bits per heavy atom. The summed E-state index contributed by atoms with van der Waals surface area (Å²) in [5.41, 5.74) is 9.84. The molecule has 2 aliphatic rings. The van der Waals surface area contributed by atoms with Gasteiger partial charge in [-0.15, -0.1) is 0 Å². The average Bonchev–Trinajstić information content (AvgIpc) is 3.05. The number of hydrogen-bond donors (Lipinski definition) is 1. The van der Waals surface area contributed by atoms with Crippen LogP contribution in [0.5, 0.6) is 0 Å². The standard InChI is InChI=1S/C20H21N3O2/c21-16-12-15-8-4-9-17(22-11-5-10-18(22)24)19(15)23(20(16)25)13-14-6-2-1-3-7-14/h1-4,6-9,16H,5,10-13,21H2. The highest BCUT2D eigenvalue weighted by Crippen LogP contribution is 2.39. The predicted octanol–water partition coefficient (Wildman–Crippen LogP) is 2.23. The largest absolute Gasteiger partial charge is 0.320 e. The SMILES string of the molecule is NC1Cc2cccc(N3CCCC3=O)c2N(Cc2ccccc2)C1=O. The van der Waals surface area contributed by atoms with Gasteiger partial charge in [-0.1, -0.05) is 42.5 Å². The lowest BCUT2D eigenvalue weighted by molar-refractivity contribution is -0.120. The Hall–Kier alpha value is -2.66. The van der Waals surface area contributed by atoms with Crippen LogP contribution in [0.25, 0.3) is 0 Å². The molecule has 2 heterocycles. The second-order valence-electron chi connectivity index (χ2n) is 6.65. The molecule has 0 radical (unpaired) electrons. The lowest BCUT2D eigenvalue weighted by atomic mass is 9.95. The second-order valence-corrected chi connectivity index (χ2v) is 6.65. The molecular weight excluding hydrogens is 314 g/mol. The molecule has 0 aliphatic carbocycles. The fraction of sp³-hybridized carbons (Fsp3) is 0.300. The van der Waals surface area contributed by atoms with Gasteiger partial charge in [0.1, 0.15) is 0 Å². The summed E-state index contributed by atoms with van der Waals surface area (Å²) in [6, 6.07) is 15.2. The second kappa shape index (κ2) is 6.33. The number of benzene rings is 2. The van der Waals surface area contributed by atoms with Gasteiger partial charge >= 0.3 is 0 Å². The minimum atomic E-state index is -0.541. The molecule has 1 unspecified atom stereocenters. The van der Waals surface area contributed by atoms with Crippen molar-refractivity contribution >= 4 is 23.2 Å². The summed E-state index contributed by atoms with van der Waals surface area (Å²) in [5.74, 6) is 0.0332. The molecule has 25 heavy (non-hydrogen) atoms. The quantitative estimate of drug-likeness (QED) is 0.935. The number of carbonyl (C=O) groups is 2. The molecule has 0 saturated carbocycles. The first-order valence-electron chi connectivity index (χ1n) is 8.68. The zero-order valence-corrected chi connectivity index (χ0v) is 14.0. The molecule has 2 amide bonds. The monoisotopic (exact) mass is 335 g/mol. The molecule has 2 aromatic rings. The van der Waals surface area contributed by atoms with Gasteiger partial charge in [0, 0.05) is 13.0 Å². The summed E-state index contributed by atoms with van der Waals surface area (Å²) in [6.07, 6.45) is 1.93. The maximum Gasteiger partial charge on any atom is 0.244 e. The van der Waals surface area contributed by atoms with Crippen LogP contribution in [0.1, 0.15) is 24.0 Å². The van der Waals surface area contributed by atoms with Crippen molar-refractivity contribution in [3.63, 3.8) is 0 Å². The van der Waals surface area contributed by atoms with E-state index in [1.807, 2.05) is 48.5 Å². The van der Waals surface area contributed by atoms with E-state index in [9.17, 15) is 9.59 Å². The van der Waals surface area contributed by atoms with Crippen LogP contribution in [0.4, 0.5) is 11.4 Å². The highest BCUT2D eigenvalue weighted by molar-refractivity contribution is 6.07. The molecule has 0 bridgehead atoms. The smallest absolute Gasteiger partial charge is 0.244 e. The van der Waals surface area contributed by atoms with E-state index in [0.29, 0.717) is 25.9 Å². The van der Waals surface area contributed by atoms with Crippen LogP contribution in [-0.4, -0.2) is 24.4 Å². The van der Waals surface area contributed by atoms with Crippen molar-refractivity contribution in [2.45, 2.75) is 31.8 Å². The first-order valence-corrected chi connectivity index (χ1v) is 8.68. The zero-order valence-electron chi connectivity index (χ0n) is 14.0. The predicted molar refractivity (Wildman–Crippen MR) is 97.3 cm³/mol. The minimum Gasteiger partial charge on any atom is -0.320 e. The Labute approximate surface area is 147 Å². The van der Waals surface area contributed by atoms with E-state index in [1.165, 1.54) is 0 Å². The van der Waals surface area contributed by atoms with Crippen molar-refractivity contribution in [3.05, 3.63) is 59.7 Å². The third kappa shape index (κ3) is 2.81. The third-order valence-corrected chi connectivity index (χ3v) is 4.94. The van der Waals surface area contributed by atoms with Crippen molar-refractivity contribution in [2.24, 2.45) is 5.73 Å². The van der Waals surface area contributed by atoms with E-state index in [-0.39, 0.29) is 11.8 Å². The van der Waals surface area contributed by atoms with Gasteiger partial charge < -0.3 is 15.5 Å². The van der Waals surface area contributed by atoms with Gasteiger partial charge in [-0.2, -0.15) is 0 Å². The van der Waals surface area contributed by atoms with Crippen molar-refractivity contribution < 1.29 is 9.59 Å². The highest BCUT2D eigenvalue weighted by Gasteiger charge is 2.35. The van der Waals surface area contributed by atoms with Gasteiger partial charge in [0.2, 0.25) is 11.8 Å². The fourth-order valence-electron chi connectivity index (χ4n) is 3.73. The summed E-state index contributed by atoms with van der Waals surface area (Å²) in [6.45, 7) is 1.16. The number of amides is 2. The lowest BCUT2D eigenvalue weighted by Crippen LogP contribution is -2.49. The zero-order chi connectivity index (χ0) is 17.4. The fourth-order valence-corrected chi connectivity index (χ4v) is 3.73. The topological polar surface area (TPSA) is 66.6 Å². The minimum absolute atomic E-state index is 0.0875. The Balaban J connectivity index is 1.80. The van der Waals surface area contributed by atoms with Gasteiger partial charge in [-0.05, 0) is 30.0 Å². The van der Waals surface area contributed by atoms with Crippen LogP contribution in [0.3, 0.4) is 0 Å². The van der Waals surface area contributed by atoms with Crippen LogP contribution in [0.2, 0.25) is 0 Å². The number of nitrogens with two attached hydrogens (primary N) is 1. The van der Waals surface area contributed by atoms with E-state index in [2.05, 4.69) is 0 Å². The van der Waals surface area contributed by atoms with Crippen LogP contribution in [-0.2, 0) is 22.6 Å². The number of anilines is 2. The van der Waals surface area contributed by atoms with Crippen molar-refractivity contribution in [1.29, 1.82) is 0 Å². The number of fused-ring (bicyclic) bond motifs is 1. The molecule has 2 N–H and O–H groups in total. The van der Waals surface area contributed by atoms with Gasteiger partial charge in [0.25, 0.3) is 0 Å². The number of carbonyl (C=O) groups excluding carboxylic acids is 2. The normalized spacial score (nSPS) is 20.1. The Kier molecular flexibility index (Phi) is 4.01. The van der Waals surface area contributed by atoms with Crippen LogP contribution in [0.15, 0.2) is 48.5 Å². The highest BCUT2D eigenvalue weighted by atomic mass is 16.2. The van der Waals surface area contributed by atoms with Crippen molar-refractivity contribution in [2.75, 3.05) is 16.3 Å². The number of hydrogen-bond acceptors (Lipinski definition) is 3. The summed E-state index contributed by atoms with van der Waals surface area (Å²) >= 11 is 0. The Morgan fingerprint density at radius 2 is 1.84 bits per heavy atom. The van der Waals surface area contributed by atoms with Gasteiger partial charge in [0.15, 0.2) is 0 Å². The molecule has 0 aromatic heterocycles. The molecule has 0 spiro atoms. The molecule has 5 heteroatoms. The molecule has 128 valence electrons. The molecule has 1 atom stereocenters. The molecule has 5 nitrogen and oxygen atoms in total. The van der Waals surface area contributed by atoms with E-state index < -0.39 is 6.04 Å². The maximum atomic E-state index is 12.8. The molecule has 2 aliphatic heterocycles. The van der Waals surface area contributed by atoms with Gasteiger partial charge in [0.05, 0.1) is 24.0 Å². The molecule has 2 aromatic carbocycles. The summed E-state index contributed by atoms with van der Waals surface area (Å²) in [5, 5.41) is 0. The van der Waals surface area contributed by atoms with Crippen LogP contribution in [0, 0.1) is 0 Å². The molecule has 1 fully saturated rings. The Morgan fingerprint density at radius 1 is 1.04 bits per heavy atom. The van der Waals surface area contributed by atoms with E-state index in [4.69, 9.17) is 5.73 Å². The summed E-state index contributed by atoms with van der Waals surface area (Å²) in [7, 11) is 0. The molecule has 1 saturated heterocycles. The van der Waals surface area contributed by atoms with E-state index >= 15 is 0 Å². The van der Waals surface area contributed by atoms with Crippen molar-refractivity contribution in [3.8, 4) is 0 Å². The number of nitrogens with zero attached hydrogens (tertiary/aromatic N) is 2. The molecular formula is C20H21N3O2. The first-order chi connectivity index (χ1) is 12.1. The van der Waals surface area contributed by atoms with Crippen LogP contribution >= 0.6 is 0 Å². The van der Waals surface area contributed by atoms with E-state index in [1.54, 1.807) is 9.80 Å². The van der Waals surface area contributed by atoms with Crippen molar-refractivity contribution in [1.82, 2.24) is 0 Å². The first kappa shape index (κ1) is 15.8. The maximum absolute atomic E-state index is 12.8. The average molecular weight is 335 g/mol. The number of rotatable bonds is 3. The van der Waals surface area contributed by atoms with Gasteiger partial charge in [-0.3, -0.25) is 9.59 Å². The Bertz CT molecular complexity index is 819. The lowest BCUT2D eigenvalue weighted by Gasteiger charge is -2.36. The third-order valence-electron chi connectivity index (χ3n) is 4.94. The molecule has 4 rings (SSSR count).